The Kier molecular flexibility index (Phi) is 4.46. The van der Waals surface area contributed by atoms with Gasteiger partial charge in [-0.15, -0.1) is 0 Å². The van der Waals surface area contributed by atoms with Crippen LogP contribution in [0.3, 0.4) is 0 Å². The lowest BCUT2D eigenvalue weighted by Crippen LogP contribution is -2.08. The van der Waals surface area contributed by atoms with Crippen molar-refractivity contribution >= 4 is 33.9 Å². The predicted octanol–water partition coefficient (Wildman–Crippen LogP) is 3.50. The maximum atomic E-state index is 11.5. The molecule has 2 aromatic heterocycles. The Morgan fingerprint density at radius 2 is 1.92 bits per heavy atom. The van der Waals surface area contributed by atoms with Crippen molar-refractivity contribution in [3.05, 3.63) is 53.0 Å². The highest BCUT2D eigenvalue weighted by Gasteiger charge is 2.23. The average Bonchev–Trinajstić information content (AvgIpc) is 2.60. The summed E-state index contributed by atoms with van der Waals surface area (Å²) in [5, 5.41) is 18.4. The van der Waals surface area contributed by atoms with Crippen LogP contribution >= 0.6 is 0 Å². The summed E-state index contributed by atoms with van der Waals surface area (Å²) in [5.74, 6) is 0.333. The topological polar surface area (TPSA) is 106 Å². The van der Waals surface area contributed by atoms with Gasteiger partial charge in [-0.1, -0.05) is 25.1 Å². The Balaban J connectivity index is 2.04. The Hall–Kier alpha value is -3.29. The minimum Gasteiger partial charge on any atom is -0.364 e. The lowest BCUT2D eigenvalue weighted by atomic mass is 10.2. The first-order valence-electron chi connectivity index (χ1n) is 7.54. The zero-order valence-electron chi connectivity index (χ0n) is 13.1. The minimum absolute atomic E-state index is 0.131. The molecule has 8 nitrogen and oxygen atoms in total. The third-order valence-corrected chi connectivity index (χ3v) is 3.43. The van der Waals surface area contributed by atoms with Crippen molar-refractivity contribution in [3.63, 3.8) is 0 Å². The molecule has 24 heavy (non-hydrogen) atoms. The van der Waals surface area contributed by atoms with Crippen LogP contribution < -0.4 is 10.6 Å². The lowest BCUT2D eigenvalue weighted by molar-refractivity contribution is -0.383. The number of nitrogens with one attached hydrogen (secondary N) is 2. The van der Waals surface area contributed by atoms with Gasteiger partial charge in [0, 0.05) is 18.1 Å². The summed E-state index contributed by atoms with van der Waals surface area (Å²) in [6.07, 6.45) is 3.80. The van der Waals surface area contributed by atoms with Crippen LogP contribution in [0.4, 0.5) is 23.0 Å². The van der Waals surface area contributed by atoms with Gasteiger partial charge in [0.2, 0.25) is 11.6 Å². The van der Waals surface area contributed by atoms with E-state index in [1.165, 1.54) is 6.33 Å². The van der Waals surface area contributed by atoms with E-state index in [9.17, 15) is 10.1 Å². The molecule has 0 saturated carbocycles. The molecule has 0 radical (unpaired) electrons. The molecule has 2 heterocycles. The summed E-state index contributed by atoms with van der Waals surface area (Å²) < 4.78 is 0. The van der Waals surface area contributed by atoms with Crippen LogP contribution in [-0.4, -0.2) is 26.4 Å². The van der Waals surface area contributed by atoms with Crippen LogP contribution in [0.2, 0.25) is 0 Å². The molecule has 0 spiro atoms. The lowest BCUT2D eigenvalue weighted by Gasteiger charge is -2.10. The van der Waals surface area contributed by atoms with Crippen molar-refractivity contribution in [1.29, 1.82) is 0 Å². The van der Waals surface area contributed by atoms with Gasteiger partial charge in [-0.05, 0) is 18.6 Å². The van der Waals surface area contributed by atoms with Gasteiger partial charge in [0.25, 0.3) is 0 Å². The zero-order valence-corrected chi connectivity index (χ0v) is 13.1. The van der Waals surface area contributed by atoms with E-state index in [2.05, 4.69) is 25.6 Å². The number of hydrogen-bond acceptors (Lipinski definition) is 7. The summed E-state index contributed by atoms with van der Waals surface area (Å²) in [5.41, 5.74) is 1.19. The summed E-state index contributed by atoms with van der Waals surface area (Å²) in [6, 6.07) is 9.36. The van der Waals surface area contributed by atoms with Gasteiger partial charge >= 0.3 is 5.69 Å². The molecule has 3 rings (SSSR count). The molecule has 0 aliphatic carbocycles. The fraction of sp³-hybridized carbons (Fsp3) is 0.188. The molecule has 2 N–H and O–H groups in total. The van der Waals surface area contributed by atoms with Crippen molar-refractivity contribution in [2.45, 2.75) is 13.3 Å². The van der Waals surface area contributed by atoms with E-state index >= 15 is 0 Å². The molecule has 122 valence electrons. The van der Waals surface area contributed by atoms with Crippen LogP contribution in [0.15, 0.2) is 42.9 Å². The van der Waals surface area contributed by atoms with E-state index < -0.39 is 4.92 Å². The molecule has 0 fully saturated rings. The van der Waals surface area contributed by atoms with Gasteiger partial charge in [-0.3, -0.25) is 15.1 Å². The number of benzene rings is 1. The number of fused-ring (bicyclic) bond motifs is 1. The standard InChI is InChI=1S/C16H16N6O2/c1-2-8-18-15-14(22(23)24)16(20-10-19-15)21-12-7-3-5-11-6-4-9-17-13(11)12/h3-7,9-10H,2,8H2,1H3,(H2,18,19,20,21). The Bertz CT molecular complexity index is 878. The number of hydrogen-bond donors (Lipinski definition) is 2. The summed E-state index contributed by atoms with van der Waals surface area (Å²) in [4.78, 5) is 23.4. The van der Waals surface area contributed by atoms with Crippen molar-refractivity contribution in [3.8, 4) is 0 Å². The molecule has 0 unspecified atom stereocenters. The van der Waals surface area contributed by atoms with Gasteiger partial charge in [0.1, 0.15) is 6.33 Å². The van der Waals surface area contributed by atoms with Crippen molar-refractivity contribution in [1.82, 2.24) is 15.0 Å². The average molecular weight is 324 g/mol. The van der Waals surface area contributed by atoms with Gasteiger partial charge in [-0.2, -0.15) is 0 Å². The van der Waals surface area contributed by atoms with Crippen LogP contribution in [0.25, 0.3) is 10.9 Å². The molecular formula is C16H16N6O2. The fourth-order valence-corrected chi connectivity index (χ4v) is 2.35. The second-order valence-corrected chi connectivity index (χ2v) is 5.11. The third kappa shape index (κ3) is 3.07. The molecule has 0 atom stereocenters. The molecule has 0 bridgehead atoms. The molecular weight excluding hydrogens is 308 g/mol. The predicted molar refractivity (Wildman–Crippen MR) is 92.5 cm³/mol. The van der Waals surface area contributed by atoms with Crippen molar-refractivity contribution in [2.75, 3.05) is 17.2 Å². The smallest absolute Gasteiger partial charge is 0.353 e. The SMILES string of the molecule is CCCNc1ncnc(Nc2cccc3cccnc23)c1[N+](=O)[O-]. The summed E-state index contributed by atoms with van der Waals surface area (Å²) in [7, 11) is 0. The molecule has 1 aromatic carbocycles. The normalized spacial score (nSPS) is 10.5. The van der Waals surface area contributed by atoms with Gasteiger partial charge in [0.15, 0.2) is 0 Å². The first-order valence-corrected chi connectivity index (χ1v) is 7.54. The second kappa shape index (κ2) is 6.86. The van der Waals surface area contributed by atoms with Crippen LogP contribution in [0.1, 0.15) is 13.3 Å². The second-order valence-electron chi connectivity index (χ2n) is 5.11. The Morgan fingerprint density at radius 3 is 2.71 bits per heavy atom. The number of nitro groups is 1. The molecule has 0 saturated heterocycles. The maximum Gasteiger partial charge on any atom is 0.353 e. The minimum atomic E-state index is -0.487. The number of pyridine rings is 1. The molecule has 0 aliphatic heterocycles. The number of para-hydroxylation sites is 1. The van der Waals surface area contributed by atoms with E-state index in [1.54, 1.807) is 12.3 Å². The monoisotopic (exact) mass is 324 g/mol. The quantitative estimate of drug-likeness (QED) is 0.528. The van der Waals surface area contributed by atoms with Crippen LogP contribution in [0, 0.1) is 10.1 Å². The number of rotatable bonds is 6. The van der Waals surface area contributed by atoms with Crippen LogP contribution in [0.5, 0.6) is 0 Å². The highest BCUT2D eigenvalue weighted by Crippen LogP contribution is 2.32. The van der Waals surface area contributed by atoms with Crippen molar-refractivity contribution < 1.29 is 4.92 Å². The van der Waals surface area contributed by atoms with Gasteiger partial charge in [-0.25, -0.2) is 9.97 Å². The van der Waals surface area contributed by atoms with E-state index in [0.29, 0.717) is 12.2 Å². The first kappa shape index (κ1) is 15.6. The van der Waals surface area contributed by atoms with E-state index in [-0.39, 0.29) is 17.3 Å². The summed E-state index contributed by atoms with van der Waals surface area (Å²) in [6.45, 7) is 2.56. The first-order chi connectivity index (χ1) is 11.7. The Morgan fingerprint density at radius 1 is 1.12 bits per heavy atom. The zero-order chi connectivity index (χ0) is 16.9. The van der Waals surface area contributed by atoms with E-state index in [4.69, 9.17) is 0 Å². The third-order valence-electron chi connectivity index (χ3n) is 3.43. The summed E-state index contributed by atoms with van der Waals surface area (Å²) >= 11 is 0. The highest BCUT2D eigenvalue weighted by atomic mass is 16.6. The number of nitrogens with zero attached hydrogens (tertiary/aromatic N) is 4. The number of anilines is 3. The van der Waals surface area contributed by atoms with E-state index in [0.717, 1.165) is 17.3 Å². The largest absolute Gasteiger partial charge is 0.364 e. The van der Waals surface area contributed by atoms with Crippen LogP contribution in [-0.2, 0) is 0 Å². The van der Waals surface area contributed by atoms with Gasteiger partial charge < -0.3 is 10.6 Å². The molecule has 0 aliphatic rings. The van der Waals surface area contributed by atoms with E-state index in [1.807, 2.05) is 31.2 Å². The molecule has 3 aromatic rings. The Labute approximate surface area is 138 Å². The van der Waals surface area contributed by atoms with Crippen molar-refractivity contribution in [2.24, 2.45) is 0 Å². The molecule has 0 amide bonds. The number of aromatic nitrogens is 3. The maximum absolute atomic E-state index is 11.5. The highest BCUT2D eigenvalue weighted by molar-refractivity contribution is 5.92. The van der Waals surface area contributed by atoms with Gasteiger partial charge in [0.05, 0.1) is 16.1 Å². The fourth-order valence-electron chi connectivity index (χ4n) is 2.35. The molecule has 8 heteroatoms.